The lowest BCUT2D eigenvalue weighted by Crippen LogP contribution is -2.24. The summed E-state index contributed by atoms with van der Waals surface area (Å²) in [7, 11) is 1.46. The van der Waals surface area contributed by atoms with Gasteiger partial charge in [0.15, 0.2) is 11.6 Å². The molecule has 102 valence electrons. The van der Waals surface area contributed by atoms with Crippen LogP contribution in [0, 0.1) is 6.92 Å². The number of hydrogen-bond donors (Lipinski definition) is 1. The quantitative estimate of drug-likeness (QED) is 0.894. The lowest BCUT2D eigenvalue weighted by molar-refractivity contribution is 0.357. The maximum atomic E-state index is 11.8. The first-order valence-corrected chi connectivity index (χ1v) is 6.04. The molecule has 6 heteroatoms. The van der Waals surface area contributed by atoms with Crippen LogP contribution in [0.4, 0.5) is 0 Å². The van der Waals surface area contributed by atoms with E-state index in [0.717, 1.165) is 0 Å². The molecule has 1 N–H and O–H groups in total. The van der Waals surface area contributed by atoms with Crippen LogP contribution < -0.4 is 10.2 Å². The van der Waals surface area contributed by atoms with Crippen LogP contribution in [0.15, 0.2) is 17.1 Å². The second-order valence-corrected chi connectivity index (χ2v) is 5.34. The summed E-state index contributed by atoms with van der Waals surface area (Å²) in [4.78, 5) is 19.2. The van der Waals surface area contributed by atoms with E-state index in [-0.39, 0.29) is 16.7 Å². The van der Waals surface area contributed by atoms with Crippen LogP contribution in [-0.4, -0.2) is 26.9 Å². The summed E-state index contributed by atoms with van der Waals surface area (Å²) in [6.45, 7) is 7.93. The van der Waals surface area contributed by atoms with Gasteiger partial charge >= 0.3 is 0 Å². The standard InChI is InChI=1S/C13H18N4O2/c1-8-15-12(17(16-8)13(2,3)4)9-6-10(18)11(19-5)7-14-9/h6-7H,1-5H3,(H,14,18). The number of rotatable bonds is 2. The highest BCUT2D eigenvalue weighted by molar-refractivity contribution is 5.50. The first-order valence-electron chi connectivity index (χ1n) is 6.04. The summed E-state index contributed by atoms with van der Waals surface area (Å²) >= 11 is 0. The van der Waals surface area contributed by atoms with Crippen molar-refractivity contribution in [3.63, 3.8) is 0 Å². The maximum Gasteiger partial charge on any atom is 0.224 e. The summed E-state index contributed by atoms with van der Waals surface area (Å²) in [6.07, 6.45) is 1.54. The SMILES string of the molecule is COc1c[nH]c(-c2nc(C)nn2C(C)(C)C)cc1=O. The molecule has 0 saturated heterocycles. The lowest BCUT2D eigenvalue weighted by Gasteiger charge is -2.21. The molecule has 0 saturated carbocycles. The van der Waals surface area contributed by atoms with E-state index in [4.69, 9.17) is 4.74 Å². The van der Waals surface area contributed by atoms with Crippen LogP contribution in [0.5, 0.6) is 5.75 Å². The number of pyridine rings is 1. The predicted molar refractivity (Wildman–Crippen MR) is 72.4 cm³/mol. The predicted octanol–water partition coefficient (Wildman–Crippen LogP) is 1.71. The van der Waals surface area contributed by atoms with Crippen molar-refractivity contribution in [2.75, 3.05) is 7.11 Å². The number of nitrogens with one attached hydrogen (secondary N) is 1. The molecule has 0 aliphatic heterocycles. The van der Waals surface area contributed by atoms with Crippen molar-refractivity contribution in [3.05, 3.63) is 28.3 Å². The summed E-state index contributed by atoms with van der Waals surface area (Å²) in [5, 5.41) is 4.38. The normalized spacial score (nSPS) is 11.6. The molecule has 0 bridgehead atoms. The number of nitrogens with zero attached hydrogens (tertiary/aromatic N) is 3. The monoisotopic (exact) mass is 262 g/mol. The van der Waals surface area contributed by atoms with Gasteiger partial charge in [-0.3, -0.25) is 4.79 Å². The van der Waals surface area contributed by atoms with Gasteiger partial charge in [0, 0.05) is 12.3 Å². The molecule has 0 aliphatic rings. The Hall–Kier alpha value is -2.11. The Kier molecular flexibility index (Phi) is 3.18. The van der Waals surface area contributed by atoms with Crippen molar-refractivity contribution in [1.29, 1.82) is 0 Å². The Bertz CT molecular complexity index is 649. The number of H-pyrrole nitrogens is 1. The third-order valence-corrected chi connectivity index (χ3v) is 2.69. The molecule has 0 aromatic carbocycles. The average Bonchev–Trinajstić information content (AvgIpc) is 2.71. The van der Waals surface area contributed by atoms with Gasteiger partial charge in [-0.15, -0.1) is 0 Å². The first kappa shape index (κ1) is 13.3. The van der Waals surface area contributed by atoms with Gasteiger partial charge in [0.2, 0.25) is 5.43 Å². The van der Waals surface area contributed by atoms with Crippen LogP contribution in [0.1, 0.15) is 26.6 Å². The largest absolute Gasteiger partial charge is 0.491 e. The number of aryl methyl sites for hydroxylation is 1. The molecule has 2 aromatic heterocycles. The fourth-order valence-corrected chi connectivity index (χ4v) is 1.80. The zero-order valence-corrected chi connectivity index (χ0v) is 11.8. The average molecular weight is 262 g/mol. The summed E-state index contributed by atoms with van der Waals surface area (Å²) < 4.78 is 6.76. The summed E-state index contributed by atoms with van der Waals surface area (Å²) in [5.74, 6) is 1.59. The second kappa shape index (κ2) is 4.53. The molecule has 0 aliphatic carbocycles. The van der Waals surface area contributed by atoms with E-state index in [2.05, 4.69) is 15.1 Å². The summed E-state index contributed by atoms with van der Waals surface area (Å²) in [5.41, 5.74) is 0.228. The van der Waals surface area contributed by atoms with Gasteiger partial charge in [-0.1, -0.05) is 0 Å². The van der Waals surface area contributed by atoms with Crippen LogP contribution >= 0.6 is 0 Å². The number of hydrogen-bond acceptors (Lipinski definition) is 4. The zero-order valence-electron chi connectivity index (χ0n) is 11.8. The minimum Gasteiger partial charge on any atom is -0.491 e. The molecule has 19 heavy (non-hydrogen) atoms. The fraction of sp³-hybridized carbons (Fsp3) is 0.462. The van der Waals surface area contributed by atoms with Gasteiger partial charge in [-0.2, -0.15) is 5.10 Å². The molecule has 0 amide bonds. The van der Waals surface area contributed by atoms with Gasteiger partial charge in [0.25, 0.3) is 0 Å². The smallest absolute Gasteiger partial charge is 0.224 e. The van der Waals surface area contributed by atoms with Crippen LogP contribution in [-0.2, 0) is 5.54 Å². The molecular weight excluding hydrogens is 244 g/mol. The van der Waals surface area contributed by atoms with Gasteiger partial charge in [-0.25, -0.2) is 9.67 Å². The molecule has 0 fully saturated rings. The van der Waals surface area contributed by atoms with E-state index >= 15 is 0 Å². The Labute approximate surface area is 111 Å². The number of ether oxygens (including phenoxy) is 1. The fourth-order valence-electron chi connectivity index (χ4n) is 1.80. The highest BCUT2D eigenvalue weighted by Gasteiger charge is 2.21. The molecular formula is C13H18N4O2. The molecule has 0 spiro atoms. The Morgan fingerprint density at radius 3 is 2.58 bits per heavy atom. The van der Waals surface area contributed by atoms with E-state index in [0.29, 0.717) is 17.3 Å². The van der Waals surface area contributed by atoms with Crippen LogP contribution in [0.25, 0.3) is 11.5 Å². The number of aromatic amines is 1. The molecule has 0 radical (unpaired) electrons. The number of methoxy groups -OCH3 is 1. The van der Waals surface area contributed by atoms with E-state index in [9.17, 15) is 4.79 Å². The van der Waals surface area contributed by atoms with E-state index < -0.39 is 0 Å². The van der Waals surface area contributed by atoms with Crippen molar-refractivity contribution >= 4 is 0 Å². The van der Waals surface area contributed by atoms with Crippen molar-refractivity contribution in [2.24, 2.45) is 0 Å². The first-order chi connectivity index (χ1) is 8.82. The minimum atomic E-state index is -0.215. The van der Waals surface area contributed by atoms with Crippen molar-refractivity contribution in [1.82, 2.24) is 19.7 Å². The molecule has 2 heterocycles. The van der Waals surface area contributed by atoms with Crippen LogP contribution in [0.3, 0.4) is 0 Å². The molecule has 6 nitrogen and oxygen atoms in total. The third-order valence-electron chi connectivity index (χ3n) is 2.69. The molecule has 2 rings (SSSR count). The zero-order chi connectivity index (χ0) is 14.2. The van der Waals surface area contributed by atoms with E-state index in [1.807, 2.05) is 27.7 Å². The molecule has 0 atom stereocenters. The highest BCUT2D eigenvalue weighted by Crippen LogP contribution is 2.22. The Balaban J connectivity index is 2.59. The third kappa shape index (κ3) is 2.52. The number of aromatic nitrogens is 4. The van der Waals surface area contributed by atoms with E-state index in [1.165, 1.54) is 19.4 Å². The van der Waals surface area contributed by atoms with Gasteiger partial charge in [0.1, 0.15) is 5.82 Å². The minimum absolute atomic E-state index is 0.183. The highest BCUT2D eigenvalue weighted by atomic mass is 16.5. The summed E-state index contributed by atoms with van der Waals surface area (Å²) in [6, 6.07) is 1.48. The second-order valence-electron chi connectivity index (χ2n) is 5.34. The van der Waals surface area contributed by atoms with Crippen molar-refractivity contribution in [3.8, 4) is 17.3 Å². The van der Waals surface area contributed by atoms with Gasteiger partial charge in [0.05, 0.1) is 18.3 Å². The molecule has 2 aromatic rings. The lowest BCUT2D eigenvalue weighted by atomic mass is 10.1. The molecule has 0 unspecified atom stereocenters. The Morgan fingerprint density at radius 2 is 2.05 bits per heavy atom. The van der Waals surface area contributed by atoms with E-state index in [1.54, 1.807) is 4.68 Å². The Morgan fingerprint density at radius 1 is 1.37 bits per heavy atom. The van der Waals surface area contributed by atoms with Gasteiger partial charge in [-0.05, 0) is 27.7 Å². The maximum absolute atomic E-state index is 11.8. The van der Waals surface area contributed by atoms with Crippen molar-refractivity contribution < 1.29 is 4.74 Å². The van der Waals surface area contributed by atoms with Crippen molar-refractivity contribution in [2.45, 2.75) is 33.2 Å². The topological polar surface area (TPSA) is 72.8 Å². The van der Waals surface area contributed by atoms with Crippen LogP contribution in [0.2, 0.25) is 0 Å². The van der Waals surface area contributed by atoms with Gasteiger partial charge < -0.3 is 9.72 Å².